The van der Waals surface area contributed by atoms with Crippen molar-refractivity contribution in [1.29, 1.82) is 0 Å². The topological polar surface area (TPSA) is 84.5 Å². The van der Waals surface area contributed by atoms with Crippen LogP contribution in [0.4, 0.5) is 0 Å². The van der Waals surface area contributed by atoms with Crippen LogP contribution >= 0.6 is 23.2 Å². The van der Waals surface area contributed by atoms with Crippen molar-refractivity contribution >= 4 is 39.1 Å². The van der Waals surface area contributed by atoms with Gasteiger partial charge in [-0.1, -0.05) is 29.3 Å². The molecule has 2 aromatic carbocycles. The maximum absolute atomic E-state index is 12.3. The van der Waals surface area contributed by atoms with E-state index in [-0.39, 0.29) is 24.0 Å². The molecule has 2 aromatic rings. The fraction of sp³-hybridized carbons (Fsp3) is 0.188. The first-order valence-electron chi connectivity index (χ1n) is 7.19. The van der Waals surface area contributed by atoms with Gasteiger partial charge in [-0.05, 0) is 42.0 Å². The number of halogens is 2. The molecule has 134 valence electrons. The summed E-state index contributed by atoms with van der Waals surface area (Å²) in [6.07, 6.45) is 0. The highest BCUT2D eigenvalue weighted by molar-refractivity contribution is 7.89. The monoisotopic (exact) mass is 402 g/mol. The van der Waals surface area contributed by atoms with Crippen LogP contribution in [0.5, 0.6) is 5.75 Å². The van der Waals surface area contributed by atoms with Crippen molar-refractivity contribution in [2.75, 3.05) is 13.7 Å². The van der Waals surface area contributed by atoms with Crippen LogP contribution in [-0.4, -0.2) is 28.0 Å². The van der Waals surface area contributed by atoms with E-state index in [0.717, 1.165) is 0 Å². The first-order chi connectivity index (χ1) is 11.8. The van der Waals surface area contributed by atoms with Crippen LogP contribution in [0.2, 0.25) is 10.0 Å². The third-order valence-electron chi connectivity index (χ3n) is 3.25. The summed E-state index contributed by atoms with van der Waals surface area (Å²) in [4.78, 5) is 11.2. The summed E-state index contributed by atoms with van der Waals surface area (Å²) in [7, 11) is -2.21. The Bertz CT molecular complexity index is 855. The minimum atomic E-state index is -3.71. The number of hydrogen-bond donors (Lipinski definition) is 2. The smallest absolute Gasteiger partial charge is 0.257 e. The molecule has 0 unspecified atom stereocenters. The van der Waals surface area contributed by atoms with Crippen molar-refractivity contribution in [2.24, 2.45) is 0 Å². The summed E-state index contributed by atoms with van der Waals surface area (Å²) < 4.78 is 32.3. The molecule has 2 N–H and O–H groups in total. The molecule has 2 rings (SSSR count). The molecule has 0 heterocycles. The molecule has 9 heteroatoms. The Morgan fingerprint density at radius 2 is 1.80 bits per heavy atom. The first-order valence-corrected chi connectivity index (χ1v) is 9.43. The molecule has 0 aromatic heterocycles. The number of likely N-dealkylation sites (N-methyl/N-ethyl adjacent to an activating group) is 1. The third kappa shape index (κ3) is 5.61. The second kappa shape index (κ2) is 8.53. The van der Waals surface area contributed by atoms with Crippen LogP contribution < -0.4 is 14.8 Å². The van der Waals surface area contributed by atoms with Gasteiger partial charge in [0.2, 0.25) is 10.0 Å². The summed E-state index contributed by atoms with van der Waals surface area (Å²) in [5.74, 6) is 0.113. The van der Waals surface area contributed by atoms with E-state index in [2.05, 4.69) is 10.0 Å². The molecule has 0 bridgehead atoms. The van der Waals surface area contributed by atoms with Gasteiger partial charge in [0.05, 0.1) is 4.90 Å². The average Bonchev–Trinajstić information content (AvgIpc) is 2.59. The zero-order chi connectivity index (χ0) is 18.4. The molecule has 0 aliphatic heterocycles. The van der Waals surface area contributed by atoms with E-state index in [1.165, 1.54) is 31.3 Å². The molecule has 6 nitrogen and oxygen atoms in total. The molecule has 0 aliphatic carbocycles. The number of rotatable bonds is 7. The molecule has 0 saturated carbocycles. The standard InChI is InChI=1S/C16H16Cl2N2O4S/c1-19-16(21)10-24-13-4-6-14(7-5-13)25(22,23)20-9-11-2-3-12(17)8-15(11)18/h2-8,20H,9-10H2,1H3,(H,19,21). The summed E-state index contributed by atoms with van der Waals surface area (Å²) in [5, 5.41) is 3.28. The van der Waals surface area contributed by atoms with Crippen molar-refractivity contribution in [2.45, 2.75) is 11.4 Å². The van der Waals surface area contributed by atoms with Gasteiger partial charge in [0, 0.05) is 23.6 Å². The van der Waals surface area contributed by atoms with Gasteiger partial charge in [-0.25, -0.2) is 13.1 Å². The van der Waals surface area contributed by atoms with Crippen molar-refractivity contribution in [3.05, 3.63) is 58.1 Å². The van der Waals surface area contributed by atoms with Crippen LogP contribution in [0.1, 0.15) is 5.56 Å². The summed E-state index contributed by atoms with van der Waals surface area (Å²) in [5.41, 5.74) is 0.611. The van der Waals surface area contributed by atoms with Crippen molar-refractivity contribution in [3.8, 4) is 5.75 Å². The predicted molar refractivity (Wildman–Crippen MR) is 96.5 cm³/mol. The molecular formula is C16H16Cl2N2O4S. The third-order valence-corrected chi connectivity index (χ3v) is 5.25. The second-order valence-electron chi connectivity index (χ2n) is 4.99. The highest BCUT2D eigenvalue weighted by Gasteiger charge is 2.15. The lowest BCUT2D eigenvalue weighted by Crippen LogP contribution is -2.25. The Morgan fingerprint density at radius 3 is 2.40 bits per heavy atom. The van der Waals surface area contributed by atoms with E-state index in [1.807, 2.05) is 0 Å². The molecule has 25 heavy (non-hydrogen) atoms. The zero-order valence-corrected chi connectivity index (χ0v) is 15.6. The number of carbonyl (C=O) groups is 1. The van der Waals surface area contributed by atoms with Crippen LogP contribution in [-0.2, 0) is 21.4 Å². The van der Waals surface area contributed by atoms with E-state index in [9.17, 15) is 13.2 Å². The number of nitrogens with one attached hydrogen (secondary N) is 2. The molecule has 0 atom stereocenters. The predicted octanol–water partition coefficient (Wildman–Crippen LogP) is 2.60. The SMILES string of the molecule is CNC(=O)COc1ccc(S(=O)(=O)NCc2ccc(Cl)cc2Cl)cc1. The van der Waals surface area contributed by atoms with Crippen LogP contribution in [0.3, 0.4) is 0 Å². The van der Waals surface area contributed by atoms with Crippen molar-refractivity contribution in [1.82, 2.24) is 10.0 Å². The summed E-state index contributed by atoms with van der Waals surface area (Å²) >= 11 is 11.8. The van der Waals surface area contributed by atoms with Crippen molar-refractivity contribution in [3.63, 3.8) is 0 Å². The molecule has 0 saturated heterocycles. The highest BCUT2D eigenvalue weighted by Crippen LogP contribution is 2.22. The maximum atomic E-state index is 12.3. The largest absolute Gasteiger partial charge is 0.484 e. The number of carbonyl (C=O) groups excluding carboxylic acids is 1. The Morgan fingerprint density at radius 1 is 1.12 bits per heavy atom. The molecule has 0 radical (unpaired) electrons. The lowest BCUT2D eigenvalue weighted by atomic mass is 10.2. The van der Waals surface area contributed by atoms with E-state index in [1.54, 1.807) is 18.2 Å². The number of benzene rings is 2. The van der Waals surface area contributed by atoms with Gasteiger partial charge >= 0.3 is 0 Å². The van der Waals surface area contributed by atoms with E-state index in [4.69, 9.17) is 27.9 Å². The van der Waals surface area contributed by atoms with E-state index < -0.39 is 10.0 Å². The van der Waals surface area contributed by atoms with E-state index >= 15 is 0 Å². The first kappa shape index (κ1) is 19.5. The summed E-state index contributed by atoms with van der Waals surface area (Å²) in [6, 6.07) is 10.6. The fourth-order valence-electron chi connectivity index (χ4n) is 1.86. The van der Waals surface area contributed by atoms with Gasteiger partial charge in [-0.3, -0.25) is 4.79 Å². The highest BCUT2D eigenvalue weighted by atomic mass is 35.5. The summed E-state index contributed by atoms with van der Waals surface area (Å²) in [6.45, 7) is -0.108. The van der Waals surface area contributed by atoms with Gasteiger partial charge in [0.25, 0.3) is 5.91 Å². The second-order valence-corrected chi connectivity index (χ2v) is 7.60. The fourth-order valence-corrected chi connectivity index (χ4v) is 3.34. The van der Waals surface area contributed by atoms with Crippen LogP contribution in [0, 0.1) is 0 Å². The van der Waals surface area contributed by atoms with E-state index in [0.29, 0.717) is 21.4 Å². The number of hydrogen-bond acceptors (Lipinski definition) is 4. The maximum Gasteiger partial charge on any atom is 0.257 e. The number of ether oxygens (including phenoxy) is 1. The molecule has 0 aliphatic rings. The van der Waals surface area contributed by atoms with Gasteiger partial charge < -0.3 is 10.1 Å². The van der Waals surface area contributed by atoms with Crippen LogP contribution in [0.15, 0.2) is 47.4 Å². The Balaban J connectivity index is 2.02. The van der Waals surface area contributed by atoms with Crippen LogP contribution in [0.25, 0.3) is 0 Å². The zero-order valence-electron chi connectivity index (χ0n) is 13.3. The van der Waals surface area contributed by atoms with Gasteiger partial charge in [0.15, 0.2) is 6.61 Å². The normalized spacial score (nSPS) is 11.2. The van der Waals surface area contributed by atoms with Gasteiger partial charge in [-0.2, -0.15) is 0 Å². The Kier molecular flexibility index (Phi) is 6.66. The van der Waals surface area contributed by atoms with Gasteiger partial charge in [-0.15, -0.1) is 0 Å². The Hall–Kier alpha value is -1.80. The number of sulfonamides is 1. The average molecular weight is 403 g/mol. The molecule has 0 spiro atoms. The lowest BCUT2D eigenvalue weighted by molar-refractivity contribution is -0.122. The number of amides is 1. The molecule has 0 fully saturated rings. The Labute approximate surface area is 156 Å². The van der Waals surface area contributed by atoms with Crippen molar-refractivity contribution < 1.29 is 17.9 Å². The molecular weight excluding hydrogens is 387 g/mol. The lowest BCUT2D eigenvalue weighted by Gasteiger charge is -2.10. The minimum Gasteiger partial charge on any atom is -0.484 e. The molecule has 1 amide bonds. The van der Waals surface area contributed by atoms with Gasteiger partial charge in [0.1, 0.15) is 5.75 Å². The quantitative estimate of drug-likeness (QED) is 0.745. The minimum absolute atomic E-state index is 0.0350.